The molecule has 0 atom stereocenters. The van der Waals surface area contributed by atoms with Crippen molar-refractivity contribution in [3.63, 3.8) is 0 Å². The lowest BCUT2D eigenvalue weighted by Crippen LogP contribution is -2.20. The zero-order chi connectivity index (χ0) is 12.5. The van der Waals surface area contributed by atoms with Crippen LogP contribution < -0.4 is 4.90 Å². The van der Waals surface area contributed by atoms with Gasteiger partial charge in [-0.1, -0.05) is 20.8 Å². The van der Waals surface area contributed by atoms with E-state index in [9.17, 15) is 8.78 Å². The van der Waals surface area contributed by atoms with E-state index in [1.54, 1.807) is 25.7 Å². The normalized spacial score (nSPS) is 11.7. The summed E-state index contributed by atoms with van der Waals surface area (Å²) in [6.45, 7) is 8.06. The Labute approximate surface area is 96.1 Å². The minimum atomic E-state index is -0.516. The molecule has 0 saturated carbocycles. The maximum atomic E-state index is 13.8. The van der Waals surface area contributed by atoms with Gasteiger partial charge in [0, 0.05) is 24.8 Å². The molecule has 1 nitrogen and oxygen atoms in total. The fourth-order valence-corrected chi connectivity index (χ4v) is 1.68. The zero-order valence-corrected chi connectivity index (χ0v) is 10.6. The molecule has 1 aromatic rings. The van der Waals surface area contributed by atoms with Crippen molar-refractivity contribution in [2.45, 2.75) is 33.1 Å². The van der Waals surface area contributed by atoms with Crippen LogP contribution in [0.1, 0.15) is 33.3 Å². The van der Waals surface area contributed by atoms with Crippen LogP contribution in [0.2, 0.25) is 0 Å². The second-order valence-electron chi connectivity index (χ2n) is 5.05. The Kier molecular flexibility index (Phi) is 3.56. The number of benzene rings is 1. The first-order valence-corrected chi connectivity index (χ1v) is 5.48. The van der Waals surface area contributed by atoms with E-state index in [4.69, 9.17) is 0 Å². The van der Waals surface area contributed by atoms with Gasteiger partial charge in [-0.15, -0.1) is 0 Å². The predicted molar refractivity (Wildman–Crippen MR) is 64.0 cm³/mol. The van der Waals surface area contributed by atoms with Crippen molar-refractivity contribution in [2.24, 2.45) is 0 Å². The number of hydrogen-bond donors (Lipinski definition) is 0. The molecule has 0 bridgehead atoms. The highest BCUT2D eigenvalue weighted by molar-refractivity contribution is 5.49. The van der Waals surface area contributed by atoms with Crippen molar-refractivity contribution in [1.29, 1.82) is 0 Å². The van der Waals surface area contributed by atoms with Gasteiger partial charge < -0.3 is 4.90 Å². The predicted octanol–water partition coefficient (Wildman–Crippen LogP) is 3.72. The Hall–Kier alpha value is -1.12. The highest BCUT2D eigenvalue weighted by Gasteiger charge is 2.24. The molecule has 0 N–H and O–H groups in total. The number of nitrogens with zero attached hydrogens (tertiary/aromatic N) is 1. The summed E-state index contributed by atoms with van der Waals surface area (Å²) in [4.78, 5) is 1.80. The molecule has 0 amide bonds. The van der Waals surface area contributed by atoms with Crippen molar-refractivity contribution in [2.75, 3.05) is 18.5 Å². The average Bonchev–Trinajstić information content (AvgIpc) is 2.13. The molecule has 16 heavy (non-hydrogen) atoms. The summed E-state index contributed by atoms with van der Waals surface area (Å²) in [6, 6.07) is 2.79. The summed E-state index contributed by atoms with van der Waals surface area (Å²) in [6.07, 6.45) is 0. The second-order valence-corrected chi connectivity index (χ2v) is 5.05. The smallest absolute Gasteiger partial charge is 0.131 e. The molecule has 0 aromatic heterocycles. The van der Waals surface area contributed by atoms with Crippen LogP contribution in [-0.2, 0) is 5.41 Å². The van der Waals surface area contributed by atoms with Crippen LogP contribution in [0.4, 0.5) is 14.5 Å². The molecule has 0 fully saturated rings. The van der Waals surface area contributed by atoms with Crippen LogP contribution in [0.25, 0.3) is 0 Å². The third kappa shape index (κ3) is 2.52. The molecular formula is C13H19F2N. The fraction of sp³-hybridized carbons (Fsp3) is 0.538. The molecule has 0 spiro atoms. The molecule has 0 unspecified atom stereocenters. The van der Waals surface area contributed by atoms with Crippen LogP contribution in [-0.4, -0.2) is 13.6 Å². The van der Waals surface area contributed by atoms with Crippen LogP contribution >= 0.6 is 0 Å². The highest BCUT2D eigenvalue weighted by atomic mass is 19.1. The molecule has 0 saturated heterocycles. The SMILES string of the molecule is CCN(C)c1cc(F)c(C(C)(C)C)c(F)c1. The number of anilines is 1. The standard InChI is InChI=1S/C13H19F2N/c1-6-16(5)9-7-10(14)12(11(15)8-9)13(2,3)4/h7-8H,6H2,1-5H3. The van der Waals surface area contributed by atoms with Crippen LogP contribution in [0.15, 0.2) is 12.1 Å². The fourth-order valence-electron chi connectivity index (χ4n) is 1.68. The molecule has 1 aromatic carbocycles. The van der Waals surface area contributed by atoms with Crippen molar-refractivity contribution in [3.8, 4) is 0 Å². The van der Waals surface area contributed by atoms with E-state index in [1.807, 2.05) is 14.0 Å². The molecule has 0 radical (unpaired) electrons. The molecule has 0 aliphatic rings. The third-order valence-electron chi connectivity index (χ3n) is 2.69. The lowest BCUT2D eigenvalue weighted by Gasteiger charge is -2.23. The van der Waals surface area contributed by atoms with Crippen molar-refractivity contribution < 1.29 is 8.78 Å². The van der Waals surface area contributed by atoms with E-state index in [-0.39, 0.29) is 5.56 Å². The van der Waals surface area contributed by atoms with Gasteiger partial charge in [0.05, 0.1) is 0 Å². The topological polar surface area (TPSA) is 3.24 Å². The quantitative estimate of drug-likeness (QED) is 0.744. The second kappa shape index (κ2) is 4.40. The Bertz CT molecular complexity index is 357. The van der Waals surface area contributed by atoms with E-state index in [1.165, 1.54) is 12.1 Å². The van der Waals surface area contributed by atoms with Crippen LogP contribution in [0, 0.1) is 11.6 Å². The number of halogens is 2. The molecule has 0 aliphatic carbocycles. The number of rotatable bonds is 2. The Morgan fingerprint density at radius 1 is 1.12 bits per heavy atom. The van der Waals surface area contributed by atoms with Gasteiger partial charge in [-0.05, 0) is 24.5 Å². The van der Waals surface area contributed by atoms with E-state index >= 15 is 0 Å². The molecule has 3 heteroatoms. The summed E-state index contributed by atoms with van der Waals surface area (Å²) in [5.74, 6) is -0.939. The minimum Gasteiger partial charge on any atom is -0.375 e. The van der Waals surface area contributed by atoms with E-state index in [2.05, 4.69) is 0 Å². The Morgan fingerprint density at radius 3 is 1.88 bits per heavy atom. The van der Waals surface area contributed by atoms with Gasteiger partial charge in [-0.25, -0.2) is 8.78 Å². The average molecular weight is 227 g/mol. The number of hydrogen-bond acceptors (Lipinski definition) is 1. The maximum Gasteiger partial charge on any atom is 0.131 e. The van der Waals surface area contributed by atoms with Gasteiger partial charge in [0.2, 0.25) is 0 Å². The lowest BCUT2D eigenvalue weighted by atomic mass is 9.86. The first-order chi connectivity index (χ1) is 7.27. The van der Waals surface area contributed by atoms with Crippen LogP contribution in [0.3, 0.4) is 0 Å². The summed E-state index contributed by atoms with van der Waals surface area (Å²) in [5, 5.41) is 0. The van der Waals surface area contributed by atoms with Gasteiger partial charge in [0.15, 0.2) is 0 Å². The molecule has 0 aliphatic heterocycles. The van der Waals surface area contributed by atoms with Crippen molar-refractivity contribution in [1.82, 2.24) is 0 Å². The van der Waals surface area contributed by atoms with Gasteiger partial charge in [-0.3, -0.25) is 0 Å². The van der Waals surface area contributed by atoms with E-state index in [0.717, 1.165) is 0 Å². The summed E-state index contributed by atoms with van der Waals surface area (Å²) < 4.78 is 27.7. The lowest BCUT2D eigenvalue weighted by molar-refractivity contribution is 0.475. The molecule has 1 rings (SSSR count). The summed E-state index contributed by atoms with van der Waals surface area (Å²) in [5.41, 5.74) is 0.212. The largest absolute Gasteiger partial charge is 0.375 e. The third-order valence-corrected chi connectivity index (χ3v) is 2.69. The minimum absolute atomic E-state index is 0.153. The van der Waals surface area contributed by atoms with Gasteiger partial charge in [0.25, 0.3) is 0 Å². The van der Waals surface area contributed by atoms with Gasteiger partial charge >= 0.3 is 0 Å². The zero-order valence-electron chi connectivity index (χ0n) is 10.6. The van der Waals surface area contributed by atoms with Crippen LogP contribution in [0.5, 0.6) is 0 Å². The first-order valence-electron chi connectivity index (χ1n) is 5.48. The summed E-state index contributed by atoms with van der Waals surface area (Å²) >= 11 is 0. The summed E-state index contributed by atoms with van der Waals surface area (Å²) in [7, 11) is 1.81. The first kappa shape index (κ1) is 12.9. The van der Waals surface area contributed by atoms with E-state index < -0.39 is 17.0 Å². The van der Waals surface area contributed by atoms with Crippen molar-refractivity contribution >= 4 is 5.69 Å². The van der Waals surface area contributed by atoms with E-state index in [0.29, 0.717) is 12.2 Å². The van der Waals surface area contributed by atoms with Gasteiger partial charge in [-0.2, -0.15) is 0 Å². The maximum absolute atomic E-state index is 13.8. The van der Waals surface area contributed by atoms with Crippen molar-refractivity contribution in [3.05, 3.63) is 29.3 Å². The Morgan fingerprint density at radius 2 is 1.56 bits per heavy atom. The monoisotopic (exact) mass is 227 g/mol. The molecule has 90 valence electrons. The molecule has 0 heterocycles. The highest BCUT2D eigenvalue weighted by Crippen LogP contribution is 2.30. The van der Waals surface area contributed by atoms with Gasteiger partial charge in [0.1, 0.15) is 11.6 Å². The molecular weight excluding hydrogens is 208 g/mol. The Balaban J connectivity index is 3.28.